The van der Waals surface area contributed by atoms with Crippen LogP contribution >= 0.6 is 31.9 Å². The van der Waals surface area contributed by atoms with E-state index in [0.29, 0.717) is 18.5 Å². The highest BCUT2D eigenvalue weighted by atomic mass is 79.9. The van der Waals surface area contributed by atoms with E-state index in [1.54, 1.807) is 6.20 Å². The van der Waals surface area contributed by atoms with Gasteiger partial charge >= 0.3 is 0 Å². The van der Waals surface area contributed by atoms with Crippen LogP contribution in [0.4, 0.5) is 5.82 Å². The molecular weight excluding hydrogens is 334 g/mol. The molecule has 90 valence electrons. The Morgan fingerprint density at radius 1 is 1.44 bits per heavy atom. The summed E-state index contributed by atoms with van der Waals surface area (Å²) in [5, 5.41) is 3.42. The summed E-state index contributed by atoms with van der Waals surface area (Å²) in [5.74, 6) is 1.40. The average Bonchev–Trinajstić information content (AvgIpc) is 2.20. The van der Waals surface area contributed by atoms with Crippen LogP contribution in [-0.4, -0.2) is 17.6 Å². The van der Waals surface area contributed by atoms with Gasteiger partial charge in [-0.05, 0) is 56.8 Å². The van der Waals surface area contributed by atoms with Crippen LogP contribution in [0.15, 0.2) is 21.2 Å². The van der Waals surface area contributed by atoms with Crippen molar-refractivity contribution in [3.63, 3.8) is 0 Å². The minimum atomic E-state index is 0.356. The van der Waals surface area contributed by atoms with Crippen molar-refractivity contribution in [2.75, 3.05) is 11.9 Å². The number of hydrogen-bond acceptors (Lipinski definition) is 3. The first-order valence-electron chi connectivity index (χ1n) is 5.32. The summed E-state index contributed by atoms with van der Waals surface area (Å²) in [6.45, 7) is 5.05. The van der Waals surface area contributed by atoms with Gasteiger partial charge in [0.05, 0.1) is 4.47 Å². The third-order valence-corrected chi connectivity index (χ3v) is 3.45. The largest absolute Gasteiger partial charge is 0.366 e. The minimum absolute atomic E-state index is 0.356. The summed E-state index contributed by atoms with van der Waals surface area (Å²) < 4.78 is 1.93. The van der Waals surface area contributed by atoms with Crippen molar-refractivity contribution in [1.29, 1.82) is 0 Å². The number of rotatable bonds is 5. The number of anilines is 1. The third-order valence-electron chi connectivity index (χ3n) is 2.41. The summed E-state index contributed by atoms with van der Waals surface area (Å²) in [7, 11) is 0. The topological polar surface area (TPSA) is 50.9 Å². The van der Waals surface area contributed by atoms with Crippen LogP contribution in [0.2, 0.25) is 0 Å². The van der Waals surface area contributed by atoms with Crippen molar-refractivity contribution in [2.45, 2.75) is 26.3 Å². The molecule has 0 spiro atoms. The Morgan fingerprint density at radius 2 is 2.12 bits per heavy atom. The standard InChI is InChI=1S/C11H17Br2N3/c1-7(2)10(3-4-14)16-11-9(13)5-8(12)6-15-11/h5-7,10H,3-4,14H2,1-2H3,(H,15,16). The normalized spacial score (nSPS) is 12.9. The second kappa shape index (κ2) is 6.57. The first-order chi connectivity index (χ1) is 7.54. The zero-order valence-corrected chi connectivity index (χ0v) is 12.7. The number of hydrogen-bond donors (Lipinski definition) is 2. The van der Waals surface area contributed by atoms with E-state index >= 15 is 0 Å². The molecule has 0 aliphatic carbocycles. The average molecular weight is 351 g/mol. The fraction of sp³-hybridized carbons (Fsp3) is 0.545. The summed E-state index contributed by atoms with van der Waals surface area (Å²) in [6, 6.07) is 2.34. The van der Waals surface area contributed by atoms with Gasteiger partial charge in [-0.2, -0.15) is 0 Å². The molecule has 0 fully saturated rings. The molecule has 1 aromatic rings. The summed E-state index contributed by atoms with van der Waals surface area (Å²) >= 11 is 6.87. The second-order valence-electron chi connectivity index (χ2n) is 4.06. The molecule has 1 heterocycles. The van der Waals surface area contributed by atoms with E-state index in [1.807, 2.05) is 6.07 Å². The molecule has 0 radical (unpaired) electrons. The highest BCUT2D eigenvalue weighted by Crippen LogP contribution is 2.25. The monoisotopic (exact) mass is 349 g/mol. The minimum Gasteiger partial charge on any atom is -0.366 e. The van der Waals surface area contributed by atoms with Crippen LogP contribution in [0.1, 0.15) is 20.3 Å². The van der Waals surface area contributed by atoms with Crippen molar-refractivity contribution in [3.05, 3.63) is 21.2 Å². The molecule has 0 amide bonds. The number of halogens is 2. The third kappa shape index (κ3) is 4.03. The maximum Gasteiger partial charge on any atom is 0.140 e. The van der Waals surface area contributed by atoms with Gasteiger partial charge in [-0.15, -0.1) is 0 Å². The maximum atomic E-state index is 5.60. The molecule has 5 heteroatoms. The van der Waals surface area contributed by atoms with Crippen molar-refractivity contribution < 1.29 is 0 Å². The molecule has 1 atom stereocenters. The number of nitrogens with zero attached hydrogens (tertiary/aromatic N) is 1. The Bertz CT molecular complexity index is 342. The Kier molecular flexibility index (Phi) is 5.72. The lowest BCUT2D eigenvalue weighted by molar-refractivity contribution is 0.497. The Hall–Kier alpha value is -0.130. The summed E-state index contributed by atoms with van der Waals surface area (Å²) in [5.41, 5.74) is 5.60. The molecule has 1 rings (SSSR count). The van der Waals surface area contributed by atoms with Gasteiger partial charge in [-0.3, -0.25) is 0 Å². The lowest BCUT2D eigenvalue weighted by Gasteiger charge is -2.22. The van der Waals surface area contributed by atoms with Crippen LogP contribution in [0.25, 0.3) is 0 Å². The van der Waals surface area contributed by atoms with Gasteiger partial charge in [0, 0.05) is 16.7 Å². The zero-order chi connectivity index (χ0) is 12.1. The summed E-state index contributed by atoms with van der Waals surface area (Å²) in [6.07, 6.45) is 2.73. The van der Waals surface area contributed by atoms with Crippen LogP contribution in [0, 0.1) is 5.92 Å². The lowest BCUT2D eigenvalue weighted by Crippen LogP contribution is -2.29. The number of nitrogens with two attached hydrogens (primary N) is 1. The summed E-state index contributed by atoms with van der Waals surface area (Å²) in [4.78, 5) is 4.34. The zero-order valence-electron chi connectivity index (χ0n) is 9.50. The Morgan fingerprint density at radius 3 is 2.62 bits per heavy atom. The van der Waals surface area contributed by atoms with Gasteiger partial charge in [0.15, 0.2) is 0 Å². The Balaban J connectivity index is 2.77. The fourth-order valence-corrected chi connectivity index (χ4v) is 2.55. The highest BCUT2D eigenvalue weighted by molar-refractivity contribution is 9.11. The van der Waals surface area contributed by atoms with Crippen LogP contribution in [0.3, 0.4) is 0 Å². The van der Waals surface area contributed by atoms with Gasteiger partial charge in [0.25, 0.3) is 0 Å². The quantitative estimate of drug-likeness (QED) is 0.855. The van der Waals surface area contributed by atoms with Crippen molar-refractivity contribution in [2.24, 2.45) is 11.7 Å². The fourth-order valence-electron chi connectivity index (χ4n) is 1.45. The first-order valence-corrected chi connectivity index (χ1v) is 6.90. The van der Waals surface area contributed by atoms with E-state index in [1.165, 1.54) is 0 Å². The highest BCUT2D eigenvalue weighted by Gasteiger charge is 2.14. The van der Waals surface area contributed by atoms with E-state index < -0.39 is 0 Å². The van der Waals surface area contributed by atoms with E-state index in [9.17, 15) is 0 Å². The second-order valence-corrected chi connectivity index (χ2v) is 5.83. The molecule has 0 aliphatic heterocycles. The molecule has 0 saturated heterocycles. The molecule has 0 saturated carbocycles. The van der Waals surface area contributed by atoms with E-state index in [-0.39, 0.29) is 0 Å². The predicted octanol–water partition coefficient (Wildman–Crippen LogP) is 3.39. The molecule has 0 aliphatic rings. The van der Waals surface area contributed by atoms with E-state index in [0.717, 1.165) is 21.2 Å². The van der Waals surface area contributed by atoms with Crippen molar-refractivity contribution >= 4 is 37.7 Å². The lowest BCUT2D eigenvalue weighted by atomic mass is 10.0. The van der Waals surface area contributed by atoms with Crippen LogP contribution in [0.5, 0.6) is 0 Å². The molecule has 3 N–H and O–H groups in total. The first kappa shape index (κ1) is 13.9. The molecule has 0 bridgehead atoms. The van der Waals surface area contributed by atoms with Gasteiger partial charge in [-0.25, -0.2) is 4.98 Å². The van der Waals surface area contributed by atoms with Gasteiger partial charge < -0.3 is 11.1 Å². The molecule has 3 nitrogen and oxygen atoms in total. The van der Waals surface area contributed by atoms with Crippen molar-refractivity contribution in [1.82, 2.24) is 4.98 Å². The van der Waals surface area contributed by atoms with E-state index in [4.69, 9.17) is 5.73 Å². The number of pyridine rings is 1. The number of aromatic nitrogens is 1. The molecular formula is C11H17Br2N3. The molecule has 16 heavy (non-hydrogen) atoms. The van der Waals surface area contributed by atoms with Gasteiger partial charge in [0.1, 0.15) is 5.82 Å². The smallest absolute Gasteiger partial charge is 0.140 e. The van der Waals surface area contributed by atoms with Crippen LogP contribution in [-0.2, 0) is 0 Å². The van der Waals surface area contributed by atoms with E-state index in [2.05, 4.69) is 56.0 Å². The number of nitrogens with one attached hydrogen (secondary N) is 1. The van der Waals surface area contributed by atoms with Crippen LogP contribution < -0.4 is 11.1 Å². The van der Waals surface area contributed by atoms with Crippen molar-refractivity contribution in [3.8, 4) is 0 Å². The molecule has 0 aromatic carbocycles. The van der Waals surface area contributed by atoms with Gasteiger partial charge in [-0.1, -0.05) is 13.8 Å². The van der Waals surface area contributed by atoms with Gasteiger partial charge in [0.2, 0.25) is 0 Å². The SMILES string of the molecule is CC(C)C(CCN)Nc1ncc(Br)cc1Br. The Labute approximate surface area is 113 Å². The predicted molar refractivity (Wildman–Crippen MR) is 75.6 cm³/mol. The maximum absolute atomic E-state index is 5.60. The molecule has 1 unspecified atom stereocenters. The molecule has 1 aromatic heterocycles.